The maximum atomic E-state index is 12.2. The van der Waals surface area contributed by atoms with Crippen molar-refractivity contribution >= 4 is 16.0 Å². The van der Waals surface area contributed by atoms with Gasteiger partial charge in [0.15, 0.2) is 0 Å². The third-order valence-corrected chi connectivity index (χ3v) is 4.91. The molecule has 0 aromatic heterocycles. The summed E-state index contributed by atoms with van der Waals surface area (Å²) in [7, 11) is -2.20. The minimum absolute atomic E-state index is 0.0117. The van der Waals surface area contributed by atoms with Crippen molar-refractivity contribution in [2.45, 2.75) is 16.9 Å². The summed E-state index contributed by atoms with van der Waals surface area (Å²) in [6.45, 7) is 0.972. The number of carbonyl (C=O) groups is 1. The average Bonchev–Trinajstić information content (AvgIpc) is 2.95. The maximum Gasteiger partial charge on any atom is 0.335 e. The largest absolute Gasteiger partial charge is 0.478 e. The van der Waals surface area contributed by atoms with Crippen LogP contribution in [0.15, 0.2) is 29.2 Å². The molecule has 7 nitrogen and oxygen atoms in total. The van der Waals surface area contributed by atoms with E-state index in [-0.39, 0.29) is 17.0 Å². The summed E-state index contributed by atoms with van der Waals surface area (Å²) in [6.07, 6.45) is 0.615. The first kappa shape index (κ1) is 15.9. The Labute approximate surface area is 122 Å². The van der Waals surface area contributed by atoms with Crippen LogP contribution >= 0.6 is 0 Å². The molecular weight excluding hydrogens is 298 g/mol. The number of nitrogens with one attached hydrogen (secondary N) is 1. The Kier molecular flexibility index (Phi) is 4.62. The van der Waals surface area contributed by atoms with Crippen LogP contribution in [0.2, 0.25) is 0 Å². The van der Waals surface area contributed by atoms with E-state index >= 15 is 0 Å². The molecule has 2 N–H and O–H groups in total. The Morgan fingerprint density at radius 2 is 2.10 bits per heavy atom. The predicted molar refractivity (Wildman–Crippen MR) is 73.8 cm³/mol. The highest BCUT2D eigenvalue weighted by atomic mass is 32.2. The number of sulfonamides is 1. The lowest BCUT2D eigenvalue weighted by Crippen LogP contribution is -2.44. The number of hydrogen-bond acceptors (Lipinski definition) is 5. The molecule has 0 aliphatic carbocycles. The molecule has 8 heteroatoms. The number of methoxy groups -OCH3 is 1. The second kappa shape index (κ2) is 6.10. The van der Waals surface area contributed by atoms with Crippen molar-refractivity contribution in [2.24, 2.45) is 0 Å². The highest BCUT2D eigenvalue weighted by Gasteiger charge is 2.36. The fourth-order valence-electron chi connectivity index (χ4n) is 2.05. The Balaban J connectivity index is 2.09. The second-order valence-corrected chi connectivity index (χ2v) is 6.61. The second-order valence-electron chi connectivity index (χ2n) is 4.84. The van der Waals surface area contributed by atoms with Crippen LogP contribution in [0.25, 0.3) is 0 Å². The third-order valence-electron chi connectivity index (χ3n) is 3.50. The van der Waals surface area contributed by atoms with Gasteiger partial charge in [0.25, 0.3) is 0 Å². The van der Waals surface area contributed by atoms with Gasteiger partial charge in [0.2, 0.25) is 10.0 Å². The van der Waals surface area contributed by atoms with Crippen molar-refractivity contribution in [3.63, 3.8) is 0 Å². The Morgan fingerprint density at radius 3 is 2.57 bits per heavy atom. The van der Waals surface area contributed by atoms with E-state index in [0.29, 0.717) is 19.6 Å². The molecule has 1 aliphatic rings. The minimum atomic E-state index is -3.72. The molecule has 1 fully saturated rings. The van der Waals surface area contributed by atoms with Crippen molar-refractivity contribution in [1.82, 2.24) is 4.72 Å². The molecule has 0 spiro atoms. The summed E-state index contributed by atoms with van der Waals surface area (Å²) in [5, 5.41) is 8.80. The zero-order valence-electron chi connectivity index (χ0n) is 11.5. The van der Waals surface area contributed by atoms with E-state index in [0.717, 1.165) is 0 Å². The predicted octanol–water partition coefficient (Wildman–Crippen LogP) is 0.469. The molecule has 1 aromatic rings. The van der Waals surface area contributed by atoms with Crippen LogP contribution in [0, 0.1) is 0 Å². The monoisotopic (exact) mass is 315 g/mol. The van der Waals surface area contributed by atoms with E-state index in [1.54, 1.807) is 0 Å². The van der Waals surface area contributed by atoms with E-state index in [1.165, 1.54) is 31.4 Å². The number of aromatic carboxylic acids is 1. The van der Waals surface area contributed by atoms with Gasteiger partial charge in [-0.2, -0.15) is 0 Å². The van der Waals surface area contributed by atoms with Crippen molar-refractivity contribution in [1.29, 1.82) is 0 Å². The first-order valence-electron chi connectivity index (χ1n) is 6.34. The minimum Gasteiger partial charge on any atom is -0.478 e. The molecule has 21 heavy (non-hydrogen) atoms. The Bertz CT molecular complexity index is 604. The Hall–Kier alpha value is -1.48. The number of carboxylic acids is 1. The molecule has 116 valence electrons. The molecule has 1 atom stereocenters. The molecule has 0 bridgehead atoms. The van der Waals surface area contributed by atoms with Gasteiger partial charge in [0, 0.05) is 26.7 Å². The molecule has 0 saturated carbocycles. The first-order valence-corrected chi connectivity index (χ1v) is 7.83. The summed E-state index contributed by atoms with van der Waals surface area (Å²) in [4.78, 5) is 10.8. The van der Waals surface area contributed by atoms with E-state index < -0.39 is 21.6 Å². The van der Waals surface area contributed by atoms with Crippen molar-refractivity contribution < 1.29 is 27.8 Å². The van der Waals surface area contributed by atoms with Gasteiger partial charge in [0.1, 0.15) is 5.60 Å². The van der Waals surface area contributed by atoms with Gasteiger partial charge in [-0.05, 0) is 24.3 Å². The standard InChI is InChI=1S/C13H17NO6S/c1-19-13(6-7-20-9-13)8-14-21(17,18)11-4-2-10(3-5-11)12(15)16/h2-5,14H,6-9H2,1H3,(H,15,16). The lowest BCUT2D eigenvalue weighted by molar-refractivity contribution is -0.0120. The smallest absolute Gasteiger partial charge is 0.335 e. The maximum absolute atomic E-state index is 12.2. The molecule has 1 saturated heterocycles. The first-order chi connectivity index (χ1) is 9.88. The van der Waals surface area contributed by atoms with Crippen LogP contribution < -0.4 is 4.72 Å². The highest BCUT2D eigenvalue weighted by Crippen LogP contribution is 2.22. The highest BCUT2D eigenvalue weighted by molar-refractivity contribution is 7.89. The zero-order chi connectivity index (χ0) is 15.5. The van der Waals surface area contributed by atoms with Gasteiger partial charge < -0.3 is 14.6 Å². The SMILES string of the molecule is COC1(CNS(=O)(=O)c2ccc(C(=O)O)cc2)CCOC1. The van der Waals surface area contributed by atoms with Gasteiger partial charge in [0.05, 0.1) is 17.1 Å². The van der Waals surface area contributed by atoms with Gasteiger partial charge in [-0.15, -0.1) is 0 Å². The van der Waals surface area contributed by atoms with Crippen LogP contribution in [0.5, 0.6) is 0 Å². The van der Waals surface area contributed by atoms with Crippen LogP contribution in [0.3, 0.4) is 0 Å². The average molecular weight is 315 g/mol. The van der Waals surface area contributed by atoms with Crippen LogP contribution in [-0.4, -0.2) is 52.0 Å². The molecule has 1 unspecified atom stereocenters. The quantitative estimate of drug-likeness (QED) is 0.791. The fourth-order valence-corrected chi connectivity index (χ4v) is 3.16. The van der Waals surface area contributed by atoms with E-state index in [4.69, 9.17) is 14.6 Å². The Morgan fingerprint density at radius 1 is 1.43 bits per heavy atom. The van der Waals surface area contributed by atoms with E-state index in [1.807, 2.05) is 0 Å². The summed E-state index contributed by atoms with van der Waals surface area (Å²) in [6, 6.07) is 5.02. The van der Waals surface area contributed by atoms with Crippen molar-refractivity contribution in [3.05, 3.63) is 29.8 Å². The molecule has 0 amide bonds. The third kappa shape index (κ3) is 3.59. The van der Waals surface area contributed by atoms with Crippen LogP contribution in [-0.2, 0) is 19.5 Å². The number of rotatable bonds is 6. The topological polar surface area (TPSA) is 102 Å². The number of hydrogen-bond donors (Lipinski definition) is 2. The summed E-state index contributed by atoms with van der Waals surface area (Å²) >= 11 is 0. The van der Waals surface area contributed by atoms with Crippen molar-refractivity contribution in [2.75, 3.05) is 26.9 Å². The van der Waals surface area contributed by atoms with Crippen LogP contribution in [0.1, 0.15) is 16.8 Å². The molecule has 2 rings (SSSR count). The van der Waals surface area contributed by atoms with Crippen LogP contribution in [0.4, 0.5) is 0 Å². The number of benzene rings is 1. The summed E-state index contributed by atoms with van der Waals surface area (Å²) in [5.41, 5.74) is -0.611. The zero-order valence-corrected chi connectivity index (χ0v) is 12.4. The van der Waals surface area contributed by atoms with Gasteiger partial charge in [-0.3, -0.25) is 0 Å². The van der Waals surface area contributed by atoms with Gasteiger partial charge in [-0.25, -0.2) is 17.9 Å². The van der Waals surface area contributed by atoms with Gasteiger partial charge in [-0.1, -0.05) is 0 Å². The molecule has 1 heterocycles. The van der Waals surface area contributed by atoms with Gasteiger partial charge >= 0.3 is 5.97 Å². The lowest BCUT2D eigenvalue weighted by Gasteiger charge is -2.25. The molecule has 1 aromatic carbocycles. The number of carboxylic acid groups (broad SMARTS) is 1. The lowest BCUT2D eigenvalue weighted by atomic mass is 10.0. The van der Waals surface area contributed by atoms with E-state index in [9.17, 15) is 13.2 Å². The molecule has 0 radical (unpaired) electrons. The number of ether oxygens (including phenoxy) is 2. The fraction of sp³-hybridized carbons (Fsp3) is 0.462. The molecule has 1 aliphatic heterocycles. The normalized spacial score (nSPS) is 22.3. The van der Waals surface area contributed by atoms with E-state index in [2.05, 4.69) is 4.72 Å². The summed E-state index contributed by atoms with van der Waals surface area (Å²) < 4.78 is 37.4. The summed E-state index contributed by atoms with van der Waals surface area (Å²) in [5.74, 6) is -1.10. The van der Waals surface area contributed by atoms with Crippen molar-refractivity contribution in [3.8, 4) is 0 Å². The molecular formula is C13H17NO6S.